The van der Waals surface area contributed by atoms with Gasteiger partial charge in [-0.25, -0.2) is 0 Å². The molecule has 0 bridgehead atoms. The van der Waals surface area contributed by atoms with Crippen molar-refractivity contribution >= 4 is 5.97 Å². The van der Waals surface area contributed by atoms with Gasteiger partial charge in [0, 0.05) is 6.42 Å². The summed E-state index contributed by atoms with van der Waals surface area (Å²) in [7, 11) is 0. The van der Waals surface area contributed by atoms with Crippen LogP contribution in [0.4, 0.5) is 0 Å². The van der Waals surface area contributed by atoms with E-state index in [1.165, 1.54) is 19.3 Å². The lowest BCUT2D eigenvalue weighted by atomic mass is 10.0. The highest BCUT2D eigenvalue weighted by molar-refractivity contribution is 5.69. The first-order valence-corrected chi connectivity index (χ1v) is 9.59. The van der Waals surface area contributed by atoms with Crippen molar-refractivity contribution in [3.63, 3.8) is 0 Å². The molecule has 0 amide bonds. The van der Waals surface area contributed by atoms with Crippen LogP contribution in [0.2, 0.25) is 0 Å². The highest BCUT2D eigenvalue weighted by Crippen LogP contribution is 2.20. The minimum atomic E-state index is -1.69. The van der Waals surface area contributed by atoms with Gasteiger partial charge >= 0.3 is 5.97 Å². The molecule has 0 unspecified atom stereocenters. The Balaban J connectivity index is 2.43. The Bertz CT molecular complexity index is 372. The lowest BCUT2D eigenvalue weighted by molar-refractivity contribution is -0.210. The first-order valence-electron chi connectivity index (χ1n) is 9.59. The second-order valence-corrected chi connectivity index (χ2v) is 6.67. The Morgan fingerprint density at radius 3 is 2.15 bits per heavy atom. The normalized spacial score (nSPS) is 19.9. The van der Waals surface area contributed by atoms with Gasteiger partial charge < -0.3 is 34.6 Å². The Morgan fingerprint density at radius 2 is 1.58 bits per heavy atom. The molecule has 1 aliphatic heterocycles. The highest BCUT2D eigenvalue weighted by Gasteiger charge is 2.41. The van der Waals surface area contributed by atoms with Crippen molar-refractivity contribution in [3.05, 3.63) is 0 Å². The summed E-state index contributed by atoms with van der Waals surface area (Å²) in [5, 5.41) is 38.5. The Kier molecular flexibility index (Phi) is 12.0. The van der Waals surface area contributed by atoms with Gasteiger partial charge in [-0.3, -0.25) is 4.79 Å². The predicted octanol–water partition coefficient (Wildman–Crippen LogP) is 0.487. The van der Waals surface area contributed by atoms with Crippen LogP contribution in [-0.4, -0.2) is 76.9 Å². The smallest absolute Gasteiger partial charge is 0.306 e. The second-order valence-electron chi connectivity index (χ2n) is 6.67. The molecule has 1 heterocycles. The number of hydrogen-bond donors (Lipinski definition) is 4. The molecule has 4 atom stereocenters. The number of hydrogen-bond acceptors (Lipinski definition) is 8. The third-order valence-corrected chi connectivity index (χ3v) is 4.44. The molecule has 26 heavy (non-hydrogen) atoms. The van der Waals surface area contributed by atoms with Crippen LogP contribution in [0.15, 0.2) is 0 Å². The third kappa shape index (κ3) is 8.28. The second kappa shape index (κ2) is 13.4. The van der Waals surface area contributed by atoms with Crippen molar-refractivity contribution in [3.8, 4) is 0 Å². The van der Waals surface area contributed by atoms with E-state index in [9.17, 15) is 20.1 Å². The number of unbranched alkanes of at least 4 members (excludes halogenated alkanes) is 6. The maximum absolute atomic E-state index is 12.1. The minimum Gasteiger partial charge on any atom is -0.454 e. The maximum Gasteiger partial charge on any atom is 0.306 e. The molecule has 0 aromatic heterocycles. The summed E-state index contributed by atoms with van der Waals surface area (Å²) >= 11 is 0. The molecular formula is C18H34O8. The van der Waals surface area contributed by atoms with Crippen molar-refractivity contribution in [2.45, 2.75) is 89.0 Å². The van der Waals surface area contributed by atoms with Gasteiger partial charge in [-0.2, -0.15) is 0 Å². The van der Waals surface area contributed by atoms with Gasteiger partial charge in [-0.05, 0) is 6.42 Å². The molecule has 8 heteroatoms. The molecule has 154 valence electrons. The average Bonchev–Trinajstić information content (AvgIpc) is 3.18. The third-order valence-electron chi connectivity index (χ3n) is 4.44. The quantitative estimate of drug-likeness (QED) is 0.254. The summed E-state index contributed by atoms with van der Waals surface area (Å²) in [6, 6.07) is 0. The van der Waals surface area contributed by atoms with Gasteiger partial charge in [0.15, 0.2) is 12.4 Å². The van der Waals surface area contributed by atoms with E-state index in [2.05, 4.69) is 6.92 Å². The van der Waals surface area contributed by atoms with Crippen molar-refractivity contribution < 1.29 is 39.4 Å². The summed E-state index contributed by atoms with van der Waals surface area (Å²) in [4.78, 5) is 12.1. The Labute approximate surface area is 155 Å². The number of ether oxygens (including phenoxy) is 3. The van der Waals surface area contributed by atoms with Crippen LogP contribution in [0.3, 0.4) is 0 Å². The molecule has 0 spiro atoms. The molecule has 1 aliphatic rings. The molecule has 1 saturated heterocycles. The number of carbonyl (C=O) groups is 1. The summed E-state index contributed by atoms with van der Waals surface area (Å²) in [5.74, 6) is -0.521. The van der Waals surface area contributed by atoms with E-state index < -0.39 is 43.3 Å². The van der Waals surface area contributed by atoms with Crippen LogP contribution in [-0.2, 0) is 19.0 Å². The fraction of sp³-hybridized carbons (Fsp3) is 0.944. The fourth-order valence-corrected chi connectivity index (χ4v) is 2.82. The van der Waals surface area contributed by atoms with E-state index in [-0.39, 0.29) is 19.6 Å². The summed E-state index contributed by atoms with van der Waals surface area (Å²) in [6.45, 7) is 1.99. The van der Waals surface area contributed by atoms with Crippen LogP contribution >= 0.6 is 0 Å². The molecular weight excluding hydrogens is 344 g/mol. The van der Waals surface area contributed by atoms with E-state index in [0.29, 0.717) is 6.42 Å². The van der Waals surface area contributed by atoms with E-state index in [1.807, 2.05) is 0 Å². The largest absolute Gasteiger partial charge is 0.454 e. The molecule has 0 radical (unpaired) electrons. The van der Waals surface area contributed by atoms with Crippen molar-refractivity contribution in [1.29, 1.82) is 0 Å². The first kappa shape index (κ1) is 23.3. The molecule has 0 aromatic carbocycles. The topological polar surface area (TPSA) is 126 Å². The first-order chi connectivity index (χ1) is 12.5. The van der Waals surface area contributed by atoms with E-state index in [1.54, 1.807) is 0 Å². The standard InChI is InChI=1S/C18H34O8/c1-2-3-4-5-6-7-8-9-14(21)26-17(18-24-10-11-25-18)16(23)15(22)13(20)12-19/h13,15-20,22-23H,2-12H2,1H3/t13-,15-,16+,17-/m1/s1. The van der Waals surface area contributed by atoms with Crippen LogP contribution in [0.1, 0.15) is 58.3 Å². The van der Waals surface area contributed by atoms with Gasteiger partial charge in [0.25, 0.3) is 0 Å². The van der Waals surface area contributed by atoms with Crippen LogP contribution in [0.5, 0.6) is 0 Å². The molecule has 4 N–H and O–H groups in total. The minimum absolute atomic E-state index is 0.197. The molecule has 1 fully saturated rings. The van der Waals surface area contributed by atoms with E-state index >= 15 is 0 Å². The van der Waals surface area contributed by atoms with Crippen LogP contribution in [0.25, 0.3) is 0 Å². The summed E-state index contributed by atoms with van der Waals surface area (Å²) in [5.41, 5.74) is 0. The van der Waals surface area contributed by atoms with Crippen molar-refractivity contribution in [2.24, 2.45) is 0 Å². The molecule has 0 saturated carbocycles. The Hall–Kier alpha value is -0.770. The number of aliphatic hydroxyl groups is 4. The zero-order valence-corrected chi connectivity index (χ0v) is 15.6. The van der Waals surface area contributed by atoms with Crippen molar-refractivity contribution in [1.82, 2.24) is 0 Å². The van der Waals surface area contributed by atoms with E-state index in [4.69, 9.17) is 19.3 Å². The van der Waals surface area contributed by atoms with Crippen LogP contribution in [0, 0.1) is 0 Å². The lowest BCUT2D eigenvalue weighted by Gasteiger charge is -2.31. The predicted molar refractivity (Wildman–Crippen MR) is 93.3 cm³/mol. The summed E-state index contributed by atoms with van der Waals surface area (Å²) in [6.07, 6.45) is 0.472. The Morgan fingerprint density at radius 1 is 1.00 bits per heavy atom. The van der Waals surface area contributed by atoms with Gasteiger partial charge in [-0.15, -0.1) is 0 Å². The monoisotopic (exact) mass is 378 g/mol. The fourth-order valence-electron chi connectivity index (χ4n) is 2.82. The van der Waals surface area contributed by atoms with Gasteiger partial charge in [0.1, 0.15) is 18.3 Å². The van der Waals surface area contributed by atoms with E-state index in [0.717, 1.165) is 19.3 Å². The molecule has 1 rings (SSSR count). The molecule has 0 aliphatic carbocycles. The lowest BCUT2D eigenvalue weighted by Crippen LogP contribution is -2.52. The maximum atomic E-state index is 12.1. The number of carbonyl (C=O) groups excluding carboxylic acids is 1. The number of aliphatic hydroxyl groups excluding tert-OH is 4. The molecule has 8 nitrogen and oxygen atoms in total. The van der Waals surface area contributed by atoms with Gasteiger partial charge in [0.05, 0.1) is 19.8 Å². The zero-order chi connectivity index (χ0) is 19.4. The van der Waals surface area contributed by atoms with Gasteiger partial charge in [-0.1, -0.05) is 45.4 Å². The van der Waals surface area contributed by atoms with Crippen molar-refractivity contribution in [2.75, 3.05) is 19.8 Å². The number of esters is 1. The average molecular weight is 378 g/mol. The zero-order valence-electron chi connectivity index (χ0n) is 15.6. The highest BCUT2D eigenvalue weighted by atomic mass is 16.7. The van der Waals surface area contributed by atoms with Gasteiger partial charge in [0.2, 0.25) is 0 Å². The number of rotatable bonds is 14. The summed E-state index contributed by atoms with van der Waals surface area (Å²) < 4.78 is 15.8. The van der Waals surface area contributed by atoms with Crippen LogP contribution < -0.4 is 0 Å². The SMILES string of the molecule is CCCCCCCCCC(=O)O[C@@H](C1OCCO1)[C@@H](O)[C@H](O)[C@H](O)CO. The molecule has 0 aromatic rings.